The van der Waals surface area contributed by atoms with E-state index in [-0.39, 0.29) is 5.91 Å². The molecule has 4 N–H and O–H groups in total. The van der Waals surface area contributed by atoms with E-state index >= 15 is 0 Å². The highest BCUT2D eigenvalue weighted by molar-refractivity contribution is 5.84. The number of hydrogen-bond acceptors (Lipinski definition) is 3. The Morgan fingerprint density at radius 3 is 2.60 bits per heavy atom. The first kappa shape index (κ1) is 7.50. The van der Waals surface area contributed by atoms with E-state index in [1.807, 2.05) is 6.92 Å². The minimum absolute atomic E-state index is 0.292. The fourth-order valence-electron chi connectivity index (χ4n) is 1.00. The lowest BCUT2D eigenvalue weighted by atomic mass is 10.00. The molecule has 1 aliphatic heterocycles. The Balaban J connectivity index is 2.56. The molecular formula is C6H13N3O. The highest BCUT2D eigenvalue weighted by atomic mass is 16.1. The number of carbonyl (C=O) groups excluding carboxylic acids is 1. The molecule has 1 rings (SSSR count). The van der Waals surface area contributed by atoms with Crippen LogP contribution in [0.5, 0.6) is 0 Å². The fourth-order valence-corrected chi connectivity index (χ4v) is 1.00. The average Bonchev–Trinajstić information content (AvgIpc) is 1.89. The first-order valence-electron chi connectivity index (χ1n) is 3.41. The molecule has 0 aromatic rings. The van der Waals surface area contributed by atoms with Gasteiger partial charge in [0.1, 0.15) is 5.54 Å². The van der Waals surface area contributed by atoms with Crippen molar-refractivity contribution in [1.29, 1.82) is 0 Å². The van der Waals surface area contributed by atoms with Crippen LogP contribution in [0.4, 0.5) is 0 Å². The monoisotopic (exact) mass is 143 g/mol. The Labute approximate surface area is 60.2 Å². The van der Waals surface area contributed by atoms with Gasteiger partial charge in [0, 0.05) is 19.6 Å². The van der Waals surface area contributed by atoms with E-state index in [4.69, 9.17) is 5.73 Å². The van der Waals surface area contributed by atoms with Gasteiger partial charge >= 0.3 is 0 Å². The third-order valence-corrected chi connectivity index (χ3v) is 1.84. The van der Waals surface area contributed by atoms with Crippen LogP contribution in [0.1, 0.15) is 6.92 Å². The molecule has 0 spiro atoms. The average molecular weight is 143 g/mol. The molecule has 1 fully saturated rings. The van der Waals surface area contributed by atoms with E-state index < -0.39 is 5.54 Å². The van der Waals surface area contributed by atoms with Gasteiger partial charge in [-0.25, -0.2) is 0 Å². The number of piperazine rings is 1. The molecule has 4 heteroatoms. The molecule has 1 unspecified atom stereocenters. The van der Waals surface area contributed by atoms with Crippen LogP contribution in [0.3, 0.4) is 0 Å². The van der Waals surface area contributed by atoms with Crippen LogP contribution >= 0.6 is 0 Å². The number of primary amides is 1. The standard InChI is InChI=1S/C6H13N3O/c1-6(5(7)10)4-8-2-3-9-6/h8-9H,2-4H2,1H3,(H2,7,10). The van der Waals surface area contributed by atoms with Crippen molar-refractivity contribution in [3.8, 4) is 0 Å². The van der Waals surface area contributed by atoms with E-state index in [9.17, 15) is 4.79 Å². The van der Waals surface area contributed by atoms with Crippen molar-refractivity contribution in [2.24, 2.45) is 5.73 Å². The highest BCUT2D eigenvalue weighted by Gasteiger charge is 2.31. The Morgan fingerprint density at radius 1 is 1.60 bits per heavy atom. The molecule has 1 aliphatic rings. The van der Waals surface area contributed by atoms with E-state index in [1.165, 1.54) is 0 Å². The summed E-state index contributed by atoms with van der Waals surface area (Å²) in [4.78, 5) is 10.8. The summed E-state index contributed by atoms with van der Waals surface area (Å²) in [5.74, 6) is -0.292. The molecule has 0 aromatic heterocycles. The van der Waals surface area contributed by atoms with Gasteiger partial charge in [0.15, 0.2) is 0 Å². The molecule has 1 atom stereocenters. The molecule has 58 valence electrons. The van der Waals surface area contributed by atoms with Gasteiger partial charge in [-0.05, 0) is 6.92 Å². The normalized spacial score (nSPS) is 33.7. The maximum absolute atomic E-state index is 10.8. The predicted octanol–water partition coefficient (Wildman–Crippen LogP) is -1.58. The summed E-state index contributed by atoms with van der Waals surface area (Å²) < 4.78 is 0. The van der Waals surface area contributed by atoms with Crippen LogP contribution < -0.4 is 16.4 Å². The Bertz CT molecular complexity index is 140. The number of carbonyl (C=O) groups is 1. The van der Waals surface area contributed by atoms with E-state index in [1.54, 1.807) is 0 Å². The highest BCUT2D eigenvalue weighted by Crippen LogP contribution is 2.02. The summed E-state index contributed by atoms with van der Waals surface area (Å²) in [5, 5.41) is 6.15. The lowest BCUT2D eigenvalue weighted by molar-refractivity contribution is -0.124. The molecule has 1 amide bonds. The maximum atomic E-state index is 10.8. The van der Waals surface area contributed by atoms with Gasteiger partial charge in [0.05, 0.1) is 0 Å². The predicted molar refractivity (Wildman–Crippen MR) is 38.5 cm³/mol. The minimum atomic E-state index is -0.543. The van der Waals surface area contributed by atoms with Crippen molar-refractivity contribution < 1.29 is 4.79 Å². The van der Waals surface area contributed by atoms with Gasteiger partial charge < -0.3 is 16.4 Å². The van der Waals surface area contributed by atoms with Gasteiger partial charge in [0.2, 0.25) is 5.91 Å². The summed E-state index contributed by atoms with van der Waals surface area (Å²) in [6, 6.07) is 0. The first-order valence-corrected chi connectivity index (χ1v) is 3.41. The Morgan fingerprint density at radius 2 is 2.30 bits per heavy atom. The van der Waals surface area contributed by atoms with E-state index in [0.717, 1.165) is 13.1 Å². The van der Waals surface area contributed by atoms with Crippen molar-refractivity contribution in [3.63, 3.8) is 0 Å². The van der Waals surface area contributed by atoms with Crippen molar-refractivity contribution >= 4 is 5.91 Å². The zero-order valence-electron chi connectivity index (χ0n) is 6.11. The van der Waals surface area contributed by atoms with Gasteiger partial charge in [-0.2, -0.15) is 0 Å². The second-order valence-electron chi connectivity index (χ2n) is 2.80. The van der Waals surface area contributed by atoms with Crippen LogP contribution in [-0.4, -0.2) is 31.1 Å². The SMILES string of the molecule is CC1(C(N)=O)CNCCN1. The smallest absolute Gasteiger partial charge is 0.238 e. The molecule has 1 saturated heterocycles. The maximum Gasteiger partial charge on any atom is 0.238 e. The second-order valence-corrected chi connectivity index (χ2v) is 2.80. The van der Waals surface area contributed by atoms with Crippen LogP contribution in [0.15, 0.2) is 0 Å². The van der Waals surface area contributed by atoms with Crippen molar-refractivity contribution in [2.45, 2.75) is 12.5 Å². The Hall–Kier alpha value is -0.610. The fraction of sp³-hybridized carbons (Fsp3) is 0.833. The number of hydrogen-bond donors (Lipinski definition) is 3. The molecule has 4 nitrogen and oxygen atoms in total. The van der Waals surface area contributed by atoms with Crippen LogP contribution in [-0.2, 0) is 4.79 Å². The zero-order valence-corrected chi connectivity index (χ0v) is 6.11. The quantitative estimate of drug-likeness (QED) is 0.415. The van der Waals surface area contributed by atoms with Gasteiger partial charge in [-0.3, -0.25) is 4.79 Å². The molecule has 0 saturated carbocycles. The van der Waals surface area contributed by atoms with Gasteiger partial charge in [0.25, 0.3) is 0 Å². The molecule has 0 radical (unpaired) electrons. The largest absolute Gasteiger partial charge is 0.368 e. The molecular weight excluding hydrogens is 130 g/mol. The molecule has 10 heavy (non-hydrogen) atoms. The van der Waals surface area contributed by atoms with Crippen molar-refractivity contribution in [3.05, 3.63) is 0 Å². The number of nitrogens with two attached hydrogens (primary N) is 1. The second kappa shape index (κ2) is 2.56. The minimum Gasteiger partial charge on any atom is -0.368 e. The number of nitrogens with one attached hydrogen (secondary N) is 2. The molecule has 0 aliphatic carbocycles. The molecule has 0 aromatic carbocycles. The van der Waals surface area contributed by atoms with Crippen LogP contribution in [0, 0.1) is 0 Å². The molecule has 0 bridgehead atoms. The summed E-state index contributed by atoms with van der Waals surface area (Å²) in [5.41, 5.74) is 4.62. The van der Waals surface area contributed by atoms with Gasteiger partial charge in [-0.15, -0.1) is 0 Å². The van der Waals surface area contributed by atoms with Gasteiger partial charge in [-0.1, -0.05) is 0 Å². The lowest BCUT2D eigenvalue weighted by Gasteiger charge is -2.32. The third kappa shape index (κ3) is 1.27. The number of amides is 1. The third-order valence-electron chi connectivity index (χ3n) is 1.84. The Kier molecular flexibility index (Phi) is 1.92. The van der Waals surface area contributed by atoms with Crippen molar-refractivity contribution in [2.75, 3.05) is 19.6 Å². The topological polar surface area (TPSA) is 67.2 Å². The summed E-state index contributed by atoms with van der Waals surface area (Å²) in [6.45, 7) is 4.14. The van der Waals surface area contributed by atoms with E-state index in [2.05, 4.69) is 10.6 Å². The zero-order chi connectivity index (χ0) is 7.61. The molecule has 1 heterocycles. The van der Waals surface area contributed by atoms with Crippen molar-refractivity contribution in [1.82, 2.24) is 10.6 Å². The summed E-state index contributed by atoms with van der Waals surface area (Å²) in [6.07, 6.45) is 0. The van der Waals surface area contributed by atoms with Crippen LogP contribution in [0.2, 0.25) is 0 Å². The summed E-state index contributed by atoms with van der Waals surface area (Å²) >= 11 is 0. The lowest BCUT2D eigenvalue weighted by Crippen LogP contribution is -2.63. The number of rotatable bonds is 1. The summed E-state index contributed by atoms with van der Waals surface area (Å²) in [7, 11) is 0. The van der Waals surface area contributed by atoms with E-state index in [0.29, 0.717) is 6.54 Å². The van der Waals surface area contributed by atoms with Crippen LogP contribution in [0.25, 0.3) is 0 Å². The first-order chi connectivity index (χ1) is 4.65.